The Kier molecular flexibility index (Phi) is 4.48. The third-order valence-electron chi connectivity index (χ3n) is 3.73. The molecule has 0 spiro atoms. The summed E-state index contributed by atoms with van der Waals surface area (Å²) in [6.45, 7) is 10.3. The van der Waals surface area contributed by atoms with Crippen molar-refractivity contribution in [1.82, 2.24) is 9.97 Å². The molecular weight excluding hydrogens is 252 g/mol. The number of nitrogens with one attached hydrogen (secondary N) is 2. The molecule has 1 aromatic rings. The topological polar surface area (TPSA) is 59.1 Å². The van der Waals surface area contributed by atoms with E-state index in [-0.39, 0.29) is 5.41 Å². The summed E-state index contributed by atoms with van der Waals surface area (Å²) in [6, 6.07) is 1.95. The van der Waals surface area contributed by atoms with E-state index in [0.29, 0.717) is 12.0 Å². The van der Waals surface area contributed by atoms with Crippen LogP contribution in [0.4, 0.5) is 11.6 Å². The van der Waals surface area contributed by atoms with Crippen molar-refractivity contribution in [3.63, 3.8) is 0 Å². The molecule has 0 radical (unpaired) electrons. The van der Waals surface area contributed by atoms with Gasteiger partial charge in [0.1, 0.15) is 17.5 Å². The molecule has 1 aliphatic heterocycles. The van der Waals surface area contributed by atoms with Crippen LogP contribution in [0.25, 0.3) is 0 Å². The lowest BCUT2D eigenvalue weighted by molar-refractivity contribution is 0.108. The number of aromatic nitrogens is 2. The Hall–Kier alpha value is -1.36. The molecule has 0 amide bonds. The highest BCUT2D eigenvalue weighted by molar-refractivity contribution is 5.47. The fraction of sp³-hybridized carbons (Fsp3) is 0.733. The van der Waals surface area contributed by atoms with Crippen LogP contribution in [0.15, 0.2) is 6.07 Å². The predicted octanol–water partition coefficient (Wildman–Crippen LogP) is 2.65. The minimum atomic E-state index is -0.0624. The lowest BCUT2D eigenvalue weighted by atomic mass is 9.96. The number of anilines is 2. The van der Waals surface area contributed by atoms with Gasteiger partial charge in [-0.1, -0.05) is 20.8 Å². The average molecular weight is 278 g/mol. The maximum atomic E-state index is 5.59. The molecular formula is C15H26N4O. The monoisotopic (exact) mass is 278 g/mol. The van der Waals surface area contributed by atoms with Crippen molar-refractivity contribution in [2.45, 2.75) is 45.6 Å². The van der Waals surface area contributed by atoms with E-state index in [1.165, 1.54) is 0 Å². The number of rotatable bonds is 4. The van der Waals surface area contributed by atoms with E-state index in [0.717, 1.165) is 37.0 Å². The molecule has 2 atom stereocenters. The molecule has 2 heterocycles. The molecule has 2 N–H and O–H groups in total. The second kappa shape index (κ2) is 5.95. The van der Waals surface area contributed by atoms with Crippen molar-refractivity contribution in [3.05, 3.63) is 11.9 Å². The molecule has 2 unspecified atom stereocenters. The lowest BCUT2D eigenvalue weighted by Crippen LogP contribution is -2.23. The third kappa shape index (κ3) is 3.60. The predicted molar refractivity (Wildman–Crippen MR) is 82.3 cm³/mol. The molecule has 1 saturated heterocycles. The minimum absolute atomic E-state index is 0.0624. The van der Waals surface area contributed by atoms with Crippen molar-refractivity contribution in [3.8, 4) is 0 Å². The normalized spacial score (nSPS) is 22.9. The highest BCUT2D eigenvalue weighted by Gasteiger charge is 2.24. The van der Waals surface area contributed by atoms with Crippen molar-refractivity contribution in [2.24, 2.45) is 5.92 Å². The van der Waals surface area contributed by atoms with Gasteiger partial charge in [0.2, 0.25) is 0 Å². The first kappa shape index (κ1) is 15.0. The highest BCUT2D eigenvalue weighted by Crippen LogP contribution is 2.24. The summed E-state index contributed by atoms with van der Waals surface area (Å²) in [4.78, 5) is 9.17. The Morgan fingerprint density at radius 1 is 1.30 bits per heavy atom. The lowest BCUT2D eigenvalue weighted by Gasteiger charge is -2.20. The van der Waals surface area contributed by atoms with Crippen LogP contribution in [0.5, 0.6) is 0 Å². The van der Waals surface area contributed by atoms with E-state index < -0.39 is 0 Å². The van der Waals surface area contributed by atoms with Crippen LogP contribution < -0.4 is 10.6 Å². The average Bonchev–Trinajstić information content (AvgIpc) is 2.80. The van der Waals surface area contributed by atoms with E-state index in [2.05, 4.69) is 48.3 Å². The van der Waals surface area contributed by atoms with Gasteiger partial charge in [0.15, 0.2) is 0 Å². The number of nitrogens with zero attached hydrogens (tertiary/aromatic N) is 2. The molecule has 0 aliphatic carbocycles. The zero-order chi connectivity index (χ0) is 14.8. The molecule has 1 aromatic heterocycles. The van der Waals surface area contributed by atoms with Crippen LogP contribution in [0.2, 0.25) is 0 Å². The Morgan fingerprint density at radius 2 is 2.00 bits per heavy atom. The van der Waals surface area contributed by atoms with Gasteiger partial charge in [0, 0.05) is 37.6 Å². The Balaban J connectivity index is 2.10. The van der Waals surface area contributed by atoms with Crippen LogP contribution in [-0.4, -0.2) is 36.3 Å². The molecule has 5 heteroatoms. The highest BCUT2D eigenvalue weighted by atomic mass is 16.5. The summed E-state index contributed by atoms with van der Waals surface area (Å²) >= 11 is 0. The smallest absolute Gasteiger partial charge is 0.138 e. The third-order valence-corrected chi connectivity index (χ3v) is 3.73. The van der Waals surface area contributed by atoms with Gasteiger partial charge >= 0.3 is 0 Å². The molecule has 0 bridgehead atoms. The summed E-state index contributed by atoms with van der Waals surface area (Å²) in [6.07, 6.45) is 1.44. The van der Waals surface area contributed by atoms with Gasteiger partial charge in [-0.05, 0) is 13.3 Å². The molecule has 1 aliphatic rings. The van der Waals surface area contributed by atoms with Gasteiger partial charge in [-0.2, -0.15) is 0 Å². The van der Waals surface area contributed by atoms with Crippen LogP contribution in [-0.2, 0) is 10.2 Å². The van der Waals surface area contributed by atoms with Gasteiger partial charge < -0.3 is 15.4 Å². The maximum absolute atomic E-state index is 5.59. The summed E-state index contributed by atoms with van der Waals surface area (Å²) in [5.74, 6) is 3.14. The first-order chi connectivity index (χ1) is 9.40. The maximum Gasteiger partial charge on any atom is 0.138 e. The van der Waals surface area contributed by atoms with Gasteiger partial charge in [-0.3, -0.25) is 0 Å². The fourth-order valence-corrected chi connectivity index (χ4v) is 2.28. The van der Waals surface area contributed by atoms with E-state index in [9.17, 15) is 0 Å². The quantitative estimate of drug-likeness (QED) is 0.886. The first-order valence-electron chi connectivity index (χ1n) is 7.33. The molecule has 2 rings (SSSR count). The SMILES string of the molecule is CNc1cc(NCC2CCOC2C)nc(C(C)(C)C)n1. The molecule has 20 heavy (non-hydrogen) atoms. The largest absolute Gasteiger partial charge is 0.378 e. The Bertz CT molecular complexity index is 456. The molecule has 5 nitrogen and oxygen atoms in total. The second-order valence-electron chi connectivity index (χ2n) is 6.47. The molecule has 0 saturated carbocycles. The van der Waals surface area contributed by atoms with Gasteiger partial charge in [-0.15, -0.1) is 0 Å². The van der Waals surface area contributed by atoms with Crippen LogP contribution in [0.3, 0.4) is 0 Å². The van der Waals surface area contributed by atoms with Crippen molar-refractivity contribution in [1.29, 1.82) is 0 Å². The number of hydrogen-bond donors (Lipinski definition) is 2. The minimum Gasteiger partial charge on any atom is -0.378 e. The van der Waals surface area contributed by atoms with E-state index in [4.69, 9.17) is 4.74 Å². The van der Waals surface area contributed by atoms with Crippen molar-refractivity contribution in [2.75, 3.05) is 30.8 Å². The van der Waals surface area contributed by atoms with Crippen LogP contribution >= 0.6 is 0 Å². The van der Waals surface area contributed by atoms with E-state index in [1.54, 1.807) is 0 Å². The zero-order valence-corrected chi connectivity index (χ0v) is 13.2. The summed E-state index contributed by atoms with van der Waals surface area (Å²) in [5, 5.41) is 6.53. The molecule has 0 aromatic carbocycles. The Morgan fingerprint density at radius 3 is 2.55 bits per heavy atom. The standard InChI is InChI=1S/C15H26N4O/c1-10-11(6-7-20-10)9-17-13-8-12(16-5)18-14(19-13)15(2,3)4/h8,10-11H,6-7,9H2,1-5H3,(H2,16,17,18,19). The van der Waals surface area contributed by atoms with Gasteiger partial charge in [-0.25, -0.2) is 9.97 Å². The summed E-state index contributed by atoms with van der Waals surface area (Å²) in [7, 11) is 1.88. The van der Waals surface area contributed by atoms with E-state index in [1.807, 2.05) is 13.1 Å². The number of ether oxygens (including phenoxy) is 1. The second-order valence-corrected chi connectivity index (χ2v) is 6.47. The summed E-state index contributed by atoms with van der Waals surface area (Å²) < 4.78 is 5.59. The van der Waals surface area contributed by atoms with Crippen LogP contribution in [0.1, 0.15) is 39.9 Å². The fourth-order valence-electron chi connectivity index (χ4n) is 2.28. The van der Waals surface area contributed by atoms with Crippen LogP contribution in [0, 0.1) is 5.92 Å². The van der Waals surface area contributed by atoms with Crippen molar-refractivity contribution < 1.29 is 4.74 Å². The summed E-state index contributed by atoms with van der Waals surface area (Å²) in [5.41, 5.74) is -0.0624. The first-order valence-corrected chi connectivity index (χ1v) is 7.33. The van der Waals surface area contributed by atoms with Crippen molar-refractivity contribution >= 4 is 11.6 Å². The van der Waals surface area contributed by atoms with Gasteiger partial charge in [0.25, 0.3) is 0 Å². The van der Waals surface area contributed by atoms with Gasteiger partial charge in [0.05, 0.1) is 6.10 Å². The zero-order valence-electron chi connectivity index (χ0n) is 13.2. The molecule has 1 fully saturated rings. The molecule has 112 valence electrons. The number of hydrogen-bond acceptors (Lipinski definition) is 5. The Labute approximate surface area is 121 Å². The van der Waals surface area contributed by atoms with E-state index >= 15 is 0 Å².